The largest absolute Gasteiger partial charge is 0.481 e. The monoisotopic (exact) mass is 395 g/mol. The van der Waals surface area contributed by atoms with Gasteiger partial charge in [-0.2, -0.15) is 0 Å². The van der Waals surface area contributed by atoms with Gasteiger partial charge >= 0.3 is 11.7 Å². The number of hydrogen-bond acceptors (Lipinski definition) is 4. The van der Waals surface area contributed by atoms with Gasteiger partial charge in [0.25, 0.3) is 0 Å². The van der Waals surface area contributed by atoms with E-state index in [0.717, 1.165) is 0 Å². The second kappa shape index (κ2) is 10.4. The molecular formula is C14H19BrClNO5. The van der Waals surface area contributed by atoms with Crippen LogP contribution in [0.15, 0.2) is 25.8 Å². The summed E-state index contributed by atoms with van der Waals surface area (Å²) in [5.41, 5.74) is 0.862. The van der Waals surface area contributed by atoms with Crippen molar-refractivity contribution in [2.24, 2.45) is 0 Å². The van der Waals surface area contributed by atoms with Crippen LogP contribution >= 0.6 is 27.5 Å². The van der Waals surface area contributed by atoms with Crippen LogP contribution in [0.2, 0.25) is 5.02 Å². The topological polar surface area (TPSA) is 92.7 Å². The maximum Gasteiger partial charge on any atom is 0.419 e. The van der Waals surface area contributed by atoms with E-state index in [1.807, 2.05) is 13.8 Å². The zero-order chi connectivity index (χ0) is 17.3. The number of rotatable bonds is 3. The number of carboxylic acids is 1. The van der Waals surface area contributed by atoms with Crippen molar-refractivity contribution >= 4 is 44.6 Å². The number of aromatic nitrogens is 1. The molecule has 0 saturated carbocycles. The molecule has 0 atom stereocenters. The number of hydrogen-bond donors (Lipinski definition) is 2. The molecule has 0 aliphatic heterocycles. The zero-order valence-electron chi connectivity index (χ0n) is 12.6. The molecule has 0 amide bonds. The van der Waals surface area contributed by atoms with E-state index < -0.39 is 11.7 Å². The lowest BCUT2D eigenvalue weighted by Gasteiger charge is -2.00. The summed E-state index contributed by atoms with van der Waals surface area (Å²) >= 11 is 9.13. The van der Waals surface area contributed by atoms with E-state index in [4.69, 9.17) is 26.2 Å². The maximum absolute atomic E-state index is 11.5. The van der Waals surface area contributed by atoms with E-state index in [2.05, 4.69) is 15.9 Å². The Kier molecular flexibility index (Phi) is 9.80. The first-order chi connectivity index (χ1) is 10.4. The Morgan fingerprint density at radius 1 is 1.41 bits per heavy atom. The molecule has 0 fully saturated rings. The standard InChI is InChI=1S/C10H7BrClNO4.C2H6O.C2H6/c11-5-3-8-7(4-6(5)12)13(10(16)17-8)2-1-9(14)15;1-2-3;1-2/h3-4H,1-2H2,(H,14,15);3H,2H2,1H3;1-2H3. The number of aliphatic carboxylic acids is 1. The lowest BCUT2D eigenvalue weighted by atomic mass is 10.3. The van der Waals surface area contributed by atoms with Crippen LogP contribution in [0.3, 0.4) is 0 Å². The highest BCUT2D eigenvalue weighted by atomic mass is 79.9. The van der Waals surface area contributed by atoms with E-state index in [0.29, 0.717) is 20.6 Å². The van der Waals surface area contributed by atoms with Gasteiger partial charge in [-0.15, -0.1) is 0 Å². The number of oxazole rings is 1. The molecule has 0 bridgehead atoms. The van der Waals surface area contributed by atoms with Gasteiger partial charge in [-0.05, 0) is 35.0 Å². The van der Waals surface area contributed by atoms with Crippen LogP contribution in [-0.4, -0.2) is 27.4 Å². The van der Waals surface area contributed by atoms with E-state index in [9.17, 15) is 9.59 Å². The molecule has 0 unspecified atom stereocenters. The molecule has 124 valence electrons. The third kappa shape index (κ3) is 5.82. The van der Waals surface area contributed by atoms with Crippen LogP contribution in [0.1, 0.15) is 27.2 Å². The summed E-state index contributed by atoms with van der Waals surface area (Å²) in [6.07, 6.45) is -0.151. The summed E-state index contributed by atoms with van der Waals surface area (Å²) in [6.45, 7) is 5.99. The van der Waals surface area contributed by atoms with Gasteiger partial charge in [-0.1, -0.05) is 25.4 Å². The molecule has 6 nitrogen and oxygen atoms in total. The third-order valence-electron chi connectivity index (χ3n) is 2.26. The van der Waals surface area contributed by atoms with E-state index in [-0.39, 0.29) is 19.6 Å². The summed E-state index contributed by atoms with van der Waals surface area (Å²) < 4.78 is 6.86. The van der Waals surface area contributed by atoms with Gasteiger partial charge in [0.15, 0.2) is 5.58 Å². The van der Waals surface area contributed by atoms with Crippen LogP contribution in [0, 0.1) is 0 Å². The number of aliphatic hydroxyl groups excluding tert-OH is 1. The smallest absolute Gasteiger partial charge is 0.419 e. The zero-order valence-corrected chi connectivity index (χ0v) is 14.9. The molecule has 22 heavy (non-hydrogen) atoms. The highest BCUT2D eigenvalue weighted by Gasteiger charge is 2.12. The molecule has 0 saturated heterocycles. The van der Waals surface area contributed by atoms with Gasteiger partial charge in [0, 0.05) is 17.6 Å². The summed E-state index contributed by atoms with van der Waals surface area (Å²) in [4.78, 5) is 22.0. The van der Waals surface area contributed by atoms with Crippen molar-refractivity contribution in [3.8, 4) is 0 Å². The highest BCUT2D eigenvalue weighted by Crippen LogP contribution is 2.27. The minimum atomic E-state index is -0.977. The quantitative estimate of drug-likeness (QED) is 0.828. The van der Waals surface area contributed by atoms with Crippen molar-refractivity contribution in [2.75, 3.05) is 6.61 Å². The van der Waals surface area contributed by atoms with Gasteiger partial charge in [-0.25, -0.2) is 4.79 Å². The number of carbonyl (C=O) groups is 1. The van der Waals surface area contributed by atoms with Crippen LogP contribution < -0.4 is 5.76 Å². The van der Waals surface area contributed by atoms with Crippen molar-refractivity contribution in [3.63, 3.8) is 0 Å². The molecule has 0 aliphatic rings. The van der Waals surface area contributed by atoms with Gasteiger partial charge in [0.05, 0.1) is 17.0 Å². The molecule has 1 aromatic heterocycles. The maximum atomic E-state index is 11.5. The van der Waals surface area contributed by atoms with Crippen LogP contribution in [0.25, 0.3) is 11.1 Å². The fourth-order valence-electron chi connectivity index (χ4n) is 1.48. The molecule has 0 aliphatic carbocycles. The second-order valence-corrected chi connectivity index (χ2v) is 4.98. The average Bonchev–Trinajstić information content (AvgIpc) is 2.75. The number of aliphatic hydroxyl groups is 1. The van der Waals surface area contributed by atoms with Crippen molar-refractivity contribution in [1.29, 1.82) is 0 Å². The van der Waals surface area contributed by atoms with Gasteiger partial charge in [-0.3, -0.25) is 9.36 Å². The number of halogens is 2. The number of aryl methyl sites for hydroxylation is 1. The molecule has 2 N–H and O–H groups in total. The Morgan fingerprint density at radius 3 is 2.45 bits per heavy atom. The summed E-state index contributed by atoms with van der Waals surface area (Å²) in [5, 5.41) is 16.6. The molecular weight excluding hydrogens is 378 g/mol. The Bertz CT molecular complexity index is 665. The molecule has 2 rings (SSSR count). The van der Waals surface area contributed by atoms with Gasteiger partial charge < -0.3 is 14.6 Å². The minimum Gasteiger partial charge on any atom is -0.481 e. The van der Waals surface area contributed by atoms with Crippen molar-refractivity contribution in [3.05, 3.63) is 32.2 Å². The average molecular weight is 397 g/mol. The molecule has 0 radical (unpaired) electrons. The summed E-state index contributed by atoms with van der Waals surface area (Å²) in [6, 6.07) is 3.14. The first kappa shape index (κ1) is 20.7. The fourth-order valence-corrected chi connectivity index (χ4v) is 1.96. The summed E-state index contributed by atoms with van der Waals surface area (Å²) in [7, 11) is 0. The molecule has 0 spiro atoms. The lowest BCUT2D eigenvalue weighted by molar-refractivity contribution is -0.137. The normalized spacial score (nSPS) is 9.55. The van der Waals surface area contributed by atoms with Crippen molar-refractivity contribution in [2.45, 2.75) is 33.7 Å². The lowest BCUT2D eigenvalue weighted by Crippen LogP contribution is -2.16. The van der Waals surface area contributed by atoms with Crippen LogP contribution in [0.5, 0.6) is 0 Å². The highest BCUT2D eigenvalue weighted by molar-refractivity contribution is 9.10. The SMILES string of the molecule is CC.CCO.O=C(O)CCn1c(=O)oc2cc(Br)c(Cl)cc21. The number of benzene rings is 1. The number of fused-ring (bicyclic) bond motifs is 1. The Morgan fingerprint density at radius 2 is 1.95 bits per heavy atom. The van der Waals surface area contributed by atoms with Crippen LogP contribution in [0.4, 0.5) is 0 Å². The van der Waals surface area contributed by atoms with Crippen molar-refractivity contribution in [1.82, 2.24) is 4.57 Å². The fraction of sp³-hybridized carbons (Fsp3) is 0.429. The first-order valence-corrected chi connectivity index (χ1v) is 7.88. The third-order valence-corrected chi connectivity index (χ3v) is 3.46. The first-order valence-electron chi connectivity index (χ1n) is 6.71. The van der Waals surface area contributed by atoms with E-state index in [1.165, 1.54) is 4.57 Å². The van der Waals surface area contributed by atoms with E-state index >= 15 is 0 Å². The Hall–Kier alpha value is -1.31. The number of nitrogens with zero attached hydrogens (tertiary/aromatic N) is 1. The predicted octanol–water partition coefficient (Wildman–Crippen LogP) is 3.51. The van der Waals surface area contributed by atoms with Crippen LogP contribution in [-0.2, 0) is 11.3 Å². The predicted molar refractivity (Wildman–Crippen MR) is 89.5 cm³/mol. The molecule has 8 heteroatoms. The van der Waals surface area contributed by atoms with Crippen molar-refractivity contribution < 1.29 is 19.4 Å². The Balaban J connectivity index is 0.000000789. The molecule has 2 aromatic rings. The minimum absolute atomic E-state index is 0.0547. The van der Waals surface area contributed by atoms with E-state index in [1.54, 1.807) is 19.1 Å². The number of carboxylic acid groups (broad SMARTS) is 1. The van der Waals surface area contributed by atoms with Gasteiger partial charge in [0.1, 0.15) is 0 Å². The Labute approximate surface area is 141 Å². The van der Waals surface area contributed by atoms with Gasteiger partial charge in [0.2, 0.25) is 0 Å². The molecule has 1 aromatic carbocycles. The summed E-state index contributed by atoms with van der Waals surface area (Å²) in [5.74, 6) is -1.56. The second-order valence-electron chi connectivity index (χ2n) is 3.71. The molecule has 1 heterocycles.